The second kappa shape index (κ2) is 4.63. The van der Waals surface area contributed by atoms with Crippen molar-refractivity contribution in [3.8, 4) is 0 Å². The number of hydrogen-bond acceptors (Lipinski definition) is 2. The molecule has 0 heterocycles. The topological polar surface area (TPSA) is 35.2 Å². The van der Waals surface area contributed by atoms with Gasteiger partial charge in [0.2, 0.25) is 0 Å². The summed E-state index contributed by atoms with van der Waals surface area (Å²) in [7, 11) is 0. The second-order valence-electron chi connectivity index (χ2n) is 3.75. The third-order valence-corrected chi connectivity index (χ3v) is 2.31. The number of rotatable bonds is 3. The van der Waals surface area contributed by atoms with E-state index >= 15 is 0 Å². The Labute approximate surface area is 74.8 Å². The number of hydrogen-bond donors (Lipinski definition) is 1. The maximum absolute atomic E-state index is 5.85. The zero-order valence-electron chi connectivity index (χ0n) is 8.05. The second-order valence-corrected chi connectivity index (χ2v) is 3.75. The zero-order chi connectivity index (χ0) is 8.97. The smallest absolute Gasteiger partial charge is 0.0730 e. The molecular formula is C10H19NO. The molecule has 0 aromatic rings. The van der Waals surface area contributed by atoms with Gasteiger partial charge in [0.1, 0.15) is 0 Å². The van der Waals surface area contributed by atoms with Crippen molar-refractivity contribution < 1.29 is 4.74 Å². The molecule has 2 atom stereocenters. The molecule has 70 valence electrons. The minimum atomic E-state index is 0.274. The third-order valence-electron chi connectivity index (χ3n) is 2.31. The maximum atomic E-state index is 5.85. The highest BCUT2D eigenvalue weighted by atomic mass is 16.5. The van der Waals surface area contributed by atoms with E-state index in [1.807, 2.05) is 0 Å². The van der Waals surface area contributed by atoms with Gasteiger partial charge in [-0.25, -0.2) is 0 Å². The van der Waals surface area contributed by atoms with Gasteiger partial charge in [-0.05, 0) is 33.1 Å². The van der Waals surface area contributed by atoms with Crippen LogP contribution in [0.5, 0.6) is 0 Å². The zero-order valence-corrected chi connectivity index (χ0v) is 8.05. The van der Waals surface area contributed by atoms with Crippen LogP contribution in [-0.4, -0.2) is 18.8 Å². The van der Waals surface area contributed by atoms with Crippen LogP contribution in [-0.2, 0) is 4.74 Å². The molecule has 2 N–H and O–H groups in total. The molecule has 1 fully saturated rings. The minimum Gasteiger partial charge on any atom is -0.373 e. The lowest BCUT2D eigenvalue weighted by molar-refractivity contribution is 0.0682. The van der Waals surface area contributed by atoms with Gasteiger partial charge in [-0.3, -0.25) is 0 Å². The molecule has 2 nitrogen and oxygen atoms in total. The van der Waals surface area contributed by atoms with Gasteiger partial charge in [-0.15, -0.1) is 0 Å². The maximum Gasteiger partial charge on any atom is 0.0730 e. The van der Waals surface area contributed by atoms with E-state index in [4.69, 9.17) is 10.5 Å². The summed E-state index contributed by atoms with van der Waals surface area (Å²) in [5.41, 5.74) is 7.16. The minimum absolute atomic E-state index is 0.274. The molecule has 0 aromatic heterocycles. The summed E-state index contributed by atoms with van der Waals surface area (Å²) in [6.45, 7) is 4.89. The van der Waals surface area contributed by atoms with E-state index in [1.165, 1.54) is 12.0 Å². The van der Waals surface area contributed by atoms with Crippen molar-refractivity contribution in [3.05, 3.63) is 11.6 Å². The standard InChI is InChI=1S/C10H19NO/c1-8(2)6-7-12-10-5-3-4-9(10)11/h6,9-10H,3-5,7,11H2,1-2H3. The monoisotopic (exact) mass is 169 g/mol. The largest absolute Gasteiger partial charge is 0.373 e. The molecule has 2 unspecified atom stereocenters. The molecule has 0 aromatic carbocycles. The van der Waals surface area contributed by atoms with Gasteiger partial charge in [-0.1, -0.05) is 11.6 Å². The Kier molecular flexibility index (Phi) is 3.76. The normalized spacial score (nSPS) is 28.9. The predicted octanol–water partition coefficient (Wildman–Crippen LogP) is 1.85. The van der Waals surface area contributed by atoms with Crippen molar-refractivity contribution >= 4 is 0 Å². The lowest BCUT2D eigenvalue weighted by Gasteiger charge is -2.14. The molecule has 0 bridgehead atoms. The first-order chi connectivity index (χ1) is 5.70. The fraction of sp³-hybridized carbons (Fsp3) is 0.800. The van der Waals surface area contributed by atoms with Crippen LogP contribution in [0.1, 0.15) is 33.1 Å². The van der Waals surface area contributed by atoms with Crippen molar-refractivity contribution in [3.63, 3.8) is 0 Å². The number of allylic oxidation sites excluding steroid dienone is 1. The highest BCUT2D eigenvalue weighted by Crippen LogP contribution is 2.20. The summed E-state index contributed by atoms with van der Waals surface area (Å²) in [4.78, 5) is 0. The SMILES string of the molecule is CC(C)=CCOC1CCCC1N. The molecule has 2 heteroatoms. The summed E-state index contributed by atoms with van der Waals surface area (Å²) in [6.07, 6.45) is 5.89. The van der Waals surface area contributed by atoms with Crippen LogP contribution in [0.15, 0.2) is 11.6 Å². The molecule has 1 rings (SSSR count). The Morgan fingerprint density at radius 2 is 2.25 bits per heavy atom. The van der Waals surface area contributed by atoms with E-state index in [1.54, 1.807) is 0 Å². The summed E-state index contributed by atoms with van der Waals surface area (Å²) in [5.74, 6) is 0. The van der Waals surface area contributed by atoms with Crippen molar-refractivity contribution in [2.75, 3.05) is 6.61 Å². The van der Waals surface area contributed by atoms with E-state index in [2.05, 4.69) is 19.9 Å². The average Bonchev–Trinajstić information content (AvgIpc) is 2.36. The van der Waals surface area contributed by atoms with Gasteiger partial charge in [0.05, 0.1) is 12.7 Å². The van der Waals surface area contributed by atoms with Gasteiger partial charge >= 0.3 is 0 Å². The molecule has 1 saturated carbocycles. The molecule has 1 aliphatic carbocycles. The molecule has 0 saturated heterocycles. The molecule has 0 radical (unpaired) electrons. The first-order valence-electron chi connectivity index (χ1n) is 4.70. The summed E-state index contributed by atoms with van der Waals surface area (Å²) in [6, 6.07) is 0.274. The molecular weight excluding hydrogens is 150 g/mol. The van der Waals surface area contributed by atoms with Gasteiger partial charge in [0.25, 0.3) is 0 Å². The van der Waals surface area contributed by atoms with E-state index < -0.39 is 0 Å². The van der Waals surface area contributed by atoms with Crippen molar-refractivity contribution in [1.82, 2.24) is 0 Å². The van der Waals surface area contributed by atoms with E-state index in [0.29, 0.717) is 6.10 Å². The molecule has 0 amide bonds. The first kappa shape index (κ1) is 9.75. The third kappa shape index (κ3) is 2.95. The fourth-order valence-electron chi connectivity index (χ4n) is 1.50. The number of ether oxygens (including phenoxy) is 1. The van der Waals surface area contributed by atoms with Crippen LogP contribution in [0, 0.1) is 0 Å². The predicted molar refractivity (Wildman–Crippen MR) is 51.0 cm³/mol. The van der Waals surface area contributed by atoms with Crippen LogP contribution in [0.3, 0.4) is 0 Å². The van der Waals surface area contributed by atoms with Crippen LogP contribution in [0.2, 0.25) is 0 Å². The molecule has 1 aliphatic rings. The highest BCUT2D eigenvalue weighted by Gasteiger charge is 2.23. The van der Waals surface area contributed by atoms with E-state index in [9.17, 15) is 0 Å². The van der Waals surface area contributed by atoms with Gasteiger partial charge in [0.15, 0.2) is 0 Å². The lowest BCUT2D eigenvalue weighted by Crippen LogP contribution is -2.31. The molecule has 0 aliphatic heterocycles. The van der Waals surface area contributed by atoms with Crippen molar-refractivity contribution in [2.24, 2.45) is 5.73 Å². The number of nitrogens with two attached hydrogens (primary N) is 1. The summed E-state index contributed by atoms with van der Waals surface area (Å²) in [5, 5.41) is 0. The van der Waals surface area contributed by atoms with Crippen LogP contribution >= 0.6 is 0 Å². The van der Waals surface area contributed by atoms with Gasteiger partial charge in [-0.2, -0.15) is 0 Å². The van der Waals surface area contributed by atoms with Gasteiger partial charge in [0, 0.05) is 6.04 Å². The first-order valence-corrected chi connectivity index (χ1v) is 4.70. The average molecular weight is 169 g/mol. The Morgan fingerprint density at radius 1 is 1.50 bits per heavy atom. The summed E-state index contributed by atoms with van der Waals surface area (Å²) < 4.78 is 5.62. The molecule has 12 heavy (non-hydrogen) atoms. The lowest BCUT2D eigenvalue weighted by atomic mass is 10.2. The van der Waals surface area contributed by atoms with Crippen LogP contribution < -0.4 is 5.73 Å². The Balaban J connectivity index is 2.18. The van der Waals surface area contributed by atoms with Crippen molar-refractivity contribution in [2.45, 2.75) is 45.3 Å². The quantitative estimate of drug-likeness (QED) is 0.654. The molecule has 0 spiro atoms. The van der Waals surface area contributed by atoms with Crippen LogP contribution in [0.4, 0.5) is 0 Å². The Hall–Kier alpha value is -0.340. The highest BCUT2D eigenvalue weighted by molar-refractivity contribution is 4.93. The van der Waals surface area contributed by atoms with E-state index in [-0.39, 0.29) is 6.04 Å². The van der Waals surface area contributed by atoms with E-state index in [0.717, 1.165) is 19.4 Å². The van der Waals surface area contributed by atoms with Crippen LogP contribution in [0.25, 0.3) is 0 Å². The fourth-order valence-corrected chi connectivity index (χ4v) is 1.50. The Bertz CT molecular complexity index is 161. The summed E-state index contributed by atoms with van der Waals surface area (Å²) >= 11 is 0. The Morgan fingerprint density at radius 3 is 2.75 bits per heavy atom. The van der Waals surface area contributed by atoms with Crippen molar-refractivity contribution in [1.29, 1.82) is 0 Å². The van der Waals surface area contributed by atoms with Gasteiger partial charge < -0.3 is 10.5 Å².